The number of carbonyl (C=O) groups excluding carboxylic acids is 1. The van der Waals surface area contributed by atoms with E-state index in [4.69, 9.17) is 0 Å². The lowest BCUT2D eigenvalue weighted by molar-refractivity contribution is 0.0939. The maximum absolute atomic E-state index is 13.6. The first kappa shape index (κ1) is 15.1. The van der Waals surface area contributed by atoms with Crippen LogP contribution < -0.4 is 5.32 Å². The van der Waals surface area contributed by atoms with Gasteiger partial charge in [0.1, 0.15) is 5.82 Å². The molecule has 0 saturated carbocycles. The SMILES string of the molecule is CC(NC(=O)c1ccc(C(F)F)cc1)c1ccccc1F. The van der Waals surface area contributed by atoms with Crippen molar-refractivity contribution in [3.63, 3.8) is 0 Å². The van der Waals surface area contributed by atoms with Crippen molar-refractivity contribution in [1.82, 2.24) is 5.32 Å². The predicted molar refractivity (Wildman–Crippen MR) is 73.7 cm³/mol. The summed E-state index contributed by atoms with van der Waals surface area (Å²) in [4.78, 5) is 12.0. The first-order chi connectivity index (χ1) is 9.99. The highest BCUT2D eigenvalue weighted by Crippen LogP contribution is 2.20. The molecule has 2 rings (SSSR count). The second-order valence-corrected chi connectivity index (χ2v) is 4.64. The minimum Gasteiger partial charge on any atom is -0.345 e. The van der Waals surface area contributed by atoms with Crippen LogP contribution in [0.3, 0.4) is 0 Å². The van der Waals surface area contributed by atoms with E-state index in [2.05, 4.69) is 5.32 Å². The van der Waals surface area contributed by atoms with Crippen molar-refractivity contribution in [3.8, 4) is 0 Å². The molecular formula is C16H14F3NO. The molecule has 5 heteroatoms. The zero-order valence-corrected chi connectivity index (χ0v) is 11.3. The van der Waals surface area contributed by atoms with Crippen molar-refractivity contribution in [2.75, 3.05) is 0 Å². The van der Waals surface area contributed by atoms with Crippen LogP contribution in [0.4, 0.5) is 13.2 Å². The van der Waals surface area contributed by atoms with Crippen LogP contribution in [-0.4, -0.2) is 5.91 Å². The van der Waals surface area contributed by atoms with E-state index in [0.717, 1.165) is 0 Å². The van der Waals surface area contributed by atoms with Crippen LogP contribution in [0.15, 0.2) is 48.5 Å². The molecule has 2 aromatic rings. The molecule has 0 aliphatic rings. The van der Waals surface area contributed by atoms with Gasteiger partial charge < -0.3 is 5.32 Å². The summed E-state index contributed by atoms with van der Waals surface area (Å²) in [5.41, 5.74) is 0.478. The number of halogens is 3. The van der Waals surface area contributed by atoms with E-state index in [9.17, 15) is 18.0 Å². The maximum Gasteiger partial charge on any atom is 0.263 e. The second-order valence-electron chi connectivity index (χ2n) is 4.64. The molecule has 110 valence electrons. The standard InChI is InChI=1S/C16H14F3NO/c1-10(13-4-2-3-5-14(13)17)20-16(21)12-8-6-11(7-9-12)15(18)19/h2-10,15H,1H3,(H,20,21). The lowest BCUT2D eigenvalue weighted by Gasteiger charge is -2.15. The van der Waals surface area contributed by atoms with Gasteiger partial charge in [0.25, 0.3) is 12.3 Å². The normalized spacial score (nSPS) is 12.2. The van der Waals surface area contributed by atoms with E-state index in [1.165, 1.54) is 30.3 Å². The molecule has 2 nitrogen and oxygen atoms in total. The summed E-state index contributed by atoms with van der Waals surface area (Å²) in [6, 6.07) is 10.7. The fraction of sp³-hybridized carbons (Fsp3) is 0.188. The molecule has 0 aromatic heterocycles. The Bertz CT molecular complexity index is 626. The van der Waals surface area contributed by atoms with Gasteiger partial charge in [0.2, 0.25) is 0 Å². The fourth-order valence-corrected chi connectivity index (χ4v) is 1.96. The summed E-state index contributed by atoms with van der Waals surface area (Å²) >= 11 is 0. The van der Waals surface area contributed by atoms with Gasteiger partial charge in [-0.05, 0) is 25.1 Å². The summed E-state index contributed by atoms with van der Waals surface area (Å²) in [6.07, 6.45) is -2.57. The number of amides is 1. The van der Waals surface area contributed by atoms with E-state index in [1.54, 1.807) is 25.1 Å². The molecule has 0 saturated heterocycles. The third kappa shape index (κ3) is 3.62. The zero-order valence-electron chi connectivity index (χ0n) is 11.3. The molecule has 0 heterocycles. The van der Waals surface area contributed by atoms with Crippen LogP contribution in [0.2, 0.25) is 0 Å². The van der Waals surface area contributed by atoms with E-state index in [-0.39, 0.29) is 11.1 Å². The number of hydrogen-bond acceptors (Lipinski definition) is 1. The molecule has 1 amide bonds. The predicted octanol–water partition coefficient (Wildman–Crippen LogP) is 4.25. The van der Waals surface area contributed by atoms with Crippen LogP contribution in [0.25, 0.3) is 0 Å². The van der Waals surface area contributed by atoms with Gasteiger partial charge in [0.05, 0.1) is 6.04 Å². The van der Waals surface area contributed by atoms with Crippen molar-refractivity contribution in [1.29, 1.82) is 0 Å². The molecule has 1 atom stereocenters. The minimum atomic E-state index is -2.57. The van der Waals surface area contributed by atoms with Gasteiger partial charge >= 0.3 is 0 Å². The van der Waals surface area contributed by atoms with E-state index >= 15 is 0 Å². The van der Waals surface area contributed by atoms with Crippen LogP contribution in [-0.2, 0) is 0 Å². The Balaban J connectivity index is 2.09. The number of nitrogens with one attached hydrogen (secondary N) is 1. The van der Waals surface area contributed by atoms with Crippen molar-refractivity contribution >= 4 is 5.91 Å². The topological polar surface area (TPSA) is 29.1 Å². The van der Waals surface area contributed by atoms with Crippen molar-refractivity contribution in [3.05, 3.63) is 71.0 Å². The molecule has 21 heavy (non-hydrogen) atoms. The summed E-state index contributed by atoms with van der Waals surface area (Å²) < 4.78 is 38.5. The molecule has 0 fully saturated rings. The van der Waals surface area contributed by atoms with E-state index in [1.807, 2.05) is 0 Å². The molecule has 0 aliphatic carbocycles. The molecule has 0 aliphatic heterocycles. The van der Waals surface area contributed by atoms with Crippen LogP contribution >= 0.6 is 0 Å². The molecule has 0 radical (unpaired) electrons. The first-order valence-corrected chi connectivity index (χ1v) is 6.42. The summed E-state index contributed by atoms with van der Waals surface area (Å²) in [5, 5.41) is 2.64. The third-order valence-corrected chi connectivity index (χ3v) is 3.14. The third-order valence-electron chi connectivity index (χ3n) is 3.14. The lowest BCUT2D eigenvalue weighted by Crippen LogP contribution is -2.27. The number of carbonyl (C=O) groups is 1. The Morgan fingerprint density at radius 3 is 2.24 bits per heavy atom. The average Bonchev–Trinajstić information content (AvgIpc) is 2.47. The Labute approximate surface area is 120 Å². The number of benzene rings is 2. The van der Waals surface area contributed by atoms with Crippen molar-refractivity contribution in [2.24, 2.45) is 0 Å². The monoisotopic (exact) mass is 293 g/mol. The van der Waals surface area contributed by atoms with Crippen molar-refractivity contribution in [2.45, 2.75) is 19.4 Å². The van der Waals surface area contributed by atoms with Crippen LogP contribution in [0.5, 0.6) is 0 Å². The van der Waals surface area contributed by atoms with Gasteiger partial charge in [-0.25, -0.2) is 13.2 Å². The van der Waals surface area contributed by atoms with E-state index in [0.29, 0.717) is 5.56 Å². The number of alkyl halides is 2. The van der Waals surface area contributed by atoms with Gasteiger partial charge in [-0.2, -0.15) is 0 Å². The first-order valence-electron chi connectivity index (χ1n) is 6.42. The molecule has 0 bridgehead atoms. The Morgan fingerprint density at radius 2 is 1.67 bits per heavy atom. The maximum atomic E-state index is 13.6. The van der Waals surface area contributed by atoms with Gasteiger partial charge in [-0.1, -0.05) is 30.3 Å². The van der Waals surface area contributed by atoms with Crippen LogP contribution in [0, 0.1) is 5.82 Å². The molecule has 2 aromatic carbocycles. The number of rotatable bonds is 4. The summed E-state index contributed by atoms with van der Waals surface area (Å²) in [6.45, 7) is 1.66. The molecule has 1 unspecified atom stereocenters. The lowest BCUT2D eigenvalue weighted by atomic mass is 10.1. The summed E-state index contributed by atoms with van der Waals surface area (Å²) in [5.74, 6) is -0.843. The smallest absolute Gasteiger partial charge is 0.263 e. The van der Waals surface area contributed by atoms with Gasteiger partial charge in [0, 0.05) is 16.7 Å². The highest BCUT2D eigenvalue weighted by atomic mass is 19.3. The Hall–Kier alpha value is -2.30. The molecular weight excluding hydrogens is 279 g/mol. The largest absolute Gasteiger partial charge is 0.345 e. The van der Waals surface area contributed by atoms with Gasteiger partial charge in [-0.15, -0.1) is 0 Å². The minimum absolute atomic E-state index is 0.145. The molecule has 1 N–H and O–H groups in total. The second kappa shape index (κ2) is 6.43. The highest BCUT2D eigenvalue weighted by Gasteiger charge is 2.15. The summed E-state index contributed by atoms with van der Waals surface area (Å²) in [7, 11) is 0. The quantitative estimate of drug-likeness (QED) is 0.897. The highest BCUT2D eigenvalue weighted by molar-refractivity contribution is 5.94. The Morgan fingerprint density at radius 1 is 1.05 bits per heavy atom. The van der Waals surface area contributed by atoms with Gasteiger partial charge in [-0.3, -0.25) is 4.79 Å². The van der Waals surface area contributed by atoms with Crippen molar-refractivity contribution < 1.29 is 18.0 Å². The van der Waals surface area contributed by atoms with E-state index < -0.39 is 24.2 Å². The van der Waals surface area contributed by atoms with Crippen LogP contribution in [0.1, 0.15) is 40.9 Å². The Kier molecular flexibility index (Phi) is 4.62. The number of hydrogen-bond donors (Lipinski definition) is 1. The molecule has 0 spiro atoms. The van der Waals surface area contributed by atoms with Gasteiger partial charge in [0.15, 0.2) is 0 Å². The zero-order chi connectivity index (χ0) is 15.4. The fourth-order valence-electron chi connectivity index (χ4n) is 1.96. The average molecular weight is 293 g/mol.